The average molecular weight is 642 g/mol. The van der Waals surface area contributed by atoms with Crippen LogP contribution in [0.1, 0.15) is 116 Å². The molecule has 1 aromatic carbocycles. The standard InChI is InChI=1S/C37H55NO8/c1-4-7-9-12-15-18-30(40)19-16-13-10-11-14-17-20-32(37(45,25-6-3)36(43)44)35(42)38-33(34(41)28-39)27-29-21-23-31(24-22-29)46-26-8-5-2/h17,20-24,32-33,39,45H,4,6-7,9-16,18-19,25-28H2,1-3H3,(H,38,42)(H,43,44)/b20-17+/t32-,33+,37+/m1/s1. The normalized spacial score (nSPS) is 13.7. The number of carbonyl (C=O) groups excluding carboxylic acids is 3. The van der Waals surface area contributed by atoms with Crippen molar-refractivity contribution in [3.8, 4) is 17.6 Å². The van der Waals surface area contributed by atoms with Crippen molar-refractivity contribution in [2.75, 3.05) is 13.2 Å². The number of nitrogens with one attached hydrogen (secondary N) is 1. The van der Waals surface area contributed by atoms with Crippen molar-refractivity contribution in [3.63, 3.8) is 0 Å². The van der Waals surface area contributed by atoms with E-state index < -0.39 is 41.8 Å². The molecule has 1 rings (SSSR count). The van der Waals surface area contributed by atoms with Crippen molar-refractivity contribution in [3.05, 3.63) is 42.0 Å². The van der Waals surface area contributed by atoms with Crippen molar-refractivity contribution >= 4 is 23.4 Å². The molecule has 4 N–H and O–H groups in total. The van der Waals surface area contributed by atoms with Crippen LogP contribution in [0.25, 0.3) is 0 Å². The number of hydrogen-bond donors (Lipinski definition) is 4. The lowest BCUT2D eigenvalue weighted by molar-refractivity contribution is -0.167. The fraction of sp³-hybridized carbons (Fsp3) is 0.622. The highest BCUT2D eigenvalue weighted by Crippen LogP contribution is 2.27. The molecule has 9 heteroatoms. The summed E-state index contributed by atoms with van der Waals surface area (Å²) < 4.78 is 5.51. The third-order valence-corrected chi connectivity index (χ3v) is 7.97. The van der Waals surface area contributed by atoms with E-state index in [4.69, 9.17) is 4.74 Å². The van der Waals surface area contributed by atoms with Crippen LogP contribution in [0.15, 0.2) is 36.4 Å². The molecule has 0 aliphatic heterocycles. The first-order valence-corrected chi connectivity index (χ1v) is 16.8. The Morgan fingerprint density at radius 2 is 1.57 bits per heavy atom. The van der Waals surface area contributed by atoms with Gasteiger partial charge in [0.15, 0.2) is 11.4 Å². The first kappa shape index (κ1) is 40.5. The predicted molar refractivity (Wildman–Crippen MR) is 179 cm³/mol. The van der Waals surface area contributed by atoms with Crippen LogP contribution in [-0.2, 0) is 25.6 Å². The third kappa shape index (κ3) is 15.7. The number of hydrogen-bond acceptors (Lipinski definition) is 7. The Bertz CT molecular complexity index is 1150. The van der Waals surface area contributed by atoms with Crippen molar-refractivity contribution in [2.45, 2.75) is 129 Å². The first-order chi connectivity index (χ1) is 22.1. The Balaban J connectivity index is 2.82. The maximum Gasteiger partial charge on any atom is 0.336 e. The smallest absolute Gasteiger partial charge is 0.336 e. The van der Waals surface area contributed by atoms with Gasteiger partial charge in [0.25, 0.3) is 0 Å². The molecule has 256 valence electrons. The van der Waals surface area contributed by atoms with Gasteiger partial charge in [0.05, 0.1) is 12.0 Å². The second kappa shape index (κ2) is 23.8. The lowest BCUT2D eigenvalue weighted by atomic mass is 9.82. The summed E-state index contributed by atoms with van der Waals surface area (Å²) in [7, 11) is 0. The summed E-state index contributed by atoms with van der Waals surface area (Å²) in [4.78, 5) is 50.4. The lowest BCUT2D eigenvalue weighted by Gasteiger charge is -2.31. The molecule has 0 fully saturated rings. The number of ketones is 2. The number of aliphatic hydroxyl groups excluding tert-OH is 1. The summed E-state index contributed by atoms with van der Waals surface area (Å²) in [5.74, 6) is 2.00. The Morgan fingerprint density at radius 1 is 0.935 bits per heavy atom. The van der Waals surface area contributed by atoms with Crippen LogP contribution in [-0.4, -0.2) is 63.6 Å². The average Bonchev–Trinajstić information content (AvgIpc) is 3.04. The molecule has 0 bridgehead atoms. The number of rotatable bonds is 26. The van der Waals surface area contributed by atoms with Crippen LogP contribution in [0.5, 0.6) is 5.75 Å². The minimum absolute atomic E-state index is 0.0528. The van der Waals surface area contributed by atoms with Crippen molar-refractivity contribution in [2.24, 2.45) is 5.92 Å². The van der Waals surface area contributed by atoms with E-state index in [0.717, 1.165) is 38.5 Å². The summed E-state index contributed by atoms with van der Waals surface area (Å²) in [5, 5.41) is 33.3. The van der Waals surface area contributed by atoms with Gasteiger partial charge in [0.1, 0.15) is 24.7 Å². The summed E-state index contributed by atoms with van der Waals surface area (Å²) >= 11 is 0. The van der Waals surface area contributed by atoms with Gasteiger partial charge in [-0.3, -0.25) is 14.4 Å². The minimum Gasteiger partial charge on any atom is -0.481 e. The van der Waals surface area contributed by atoms with Crippen molar-refractivity contribution in [1.82, 2.24) is 5.32 Å². The molecule has 0 saturated heterocycles. The highest BCUT2D eigenvalue weighted by atomic mass is 16.5. The number of carbonyl (C=O) groups is 4. The number of unbranched alkanes of at least 4 members (excludes halogenated alkanes) is 8. The van der Waals surface area contributed by atoms with Gasteiger partial charge < -0.3 is 25.4 Å². The third-order valence-electron chi connectivity index (χ3n) is 7.97. The monoisotopic (exact) mass is 641 g/mol. The molecule has 0 heterocycles. The van der Waals surface area contributed by atoms with E-state index in [9.17, 15) is 34.5 Å². The number of benzene rings is 1. The topological polar surface area (TPSA) is 150 Å². The fourth-order valence-electron chi connectivity index (χ4n) is 5.23. The molecule has 0 aromatic heterocycles. The van der Waals surface area contributed by atoms with Crippen LogP contribution in [0, 0.1) is 17.8 Å². The number of Topliss-reactive ketones (excluding diaryl/α,β-unsaturated/α-hetero) is 2. The second-order valence-corrected chi connectivity index (χ2v) is 11.8. The zero-order chi connectivity index (χ0) is 34.2. The molecule has 3 atom stereocenters. The minimum atomic E-state index is -2.38. The van der Waals surface area contributed by atoms with Crippen LogP contribution >= 0.6 is 0 Å². The van der Waals surface area contributed by atoms with Gasteiger partial charge >= 0.3 is 5.97 Å². The Hall–Kier alpha value is -3.48. The van der Waals surface area contributed by atoms with Crippen molar-refractivity contribution < 1.29 is 39.2 Å². The molecule has 1 aromatic rings. The fourth-order valence-corrected chi connectivity index (χ4v) is 5.23. The van der Waals surface area contributed by atoms with E-state index in [2.05, 4.69) is 24.1 Å². The van der Waals surface area contributed by atoms with E-state index in [1.54, 1.807) is 44.2 Å². The van der Waals surface area contributed by atoms with Crippen LogP contribution in [0.4, 0.5) is 0 Å². The Kier molecular flexibility index (Phi) is 21.0. The lowest BCUT2D eigenvalue weighted by Crippen LogP contribution is -2.54. The van der Waals surface area contributed by atoms with Crippen LogP contribution in [0.2, 0.25) is 0 Å². The molecule has 46 heavy (non-hydrogen) atoms. The highest BCUT2D eigenvalue weighted by molar-refractivity contribution is 5.94. The number of ether oxygens (including phenoxy) is 1. The van der Waals surface area contributed by atoms with Gasteiger partial charge in [-0.25, -0.2) is 4.79 Å². The number of aliphatic hydroxyl groups is 2. The molecule has 0 aliphatic carbocycles. The molecular formula is C37H55NO8. The molecule has 0 radical (unpaired) electrons. The second-order valence-electron chi connectivity index (χ2n) is 11.8. The maximum atomic E-state index is 13.5. The van der Waals surface area contributed by atoms with Crippen molar-refractivity contribution in [1.29, 1.82) is 0 Å². The number of aliphatic carboxylic acids is 1. The summed E-state index contributed by atoms with van der Waals surface area (Å²) in [6.07, 6.45) is 14.2. The largest absolute Gasteiger partial charge is 0.481 e. The van der Waals surface area contributed by atoms with Gasteiger partial charge in [-0.1, -0.05) is 89.0 Å². The van der Waals surface area contributed by atoms with Crippen LogP contribution in [0.3, 0.4) is 0 Å². The SMILES string of the molecule is CC#CCOc1ccc(C[C@H](NC(=O)[C@@H](/C=C/CCCCCCC(=O)CCCCCCC)[C@@](O)(CCC)C(=O)O)C(=O)CO)cc1. The maximum absolute atomic E-state index is 13.5. The van der Waals surface area contributed by atoms with E-state index in [1.807, 2.05) is 0 Å². The van der Waals surface area contributed by atoms with E-state index in [1.165, 1.54) is 25.3 Å². The van der Waals surface area contributed by atoms with Gasteiger partial charge in [0, 0.05) is 12.8 Å². The predicted octanol–water partition coefficient (Wildman–Crippen LogP) is 5.74. The highest BCUT2D eigenvalue weighted by Gasteiger charge is 2.46. The van der Waals surface area contributed by atoms with Gasteiger partial charge in [-0.2, -0.15) is 0 Å². The Morgan fingerprint density at radius 3 is 2.13 bits per heavy atom. The summed E-state index contributed by atoms with van der Waals surface area (Å²) in [6.45, 7) is 5.01. The van der Waals surface area contributed by atoms with Gasteiger partial charge in [0.2, 0.25) is 5.91 Å². The molecule has 0 saturated carbocycles. The van der Waals surface area contributed by atoms with Gasteiger partial charge in [-0.05, 0) is 63.1 Å². The molecule has 0 unspecified atom stereocenters. The molecule has 0 aliphatic rings. The number of carboxylic acid groups (broad SMARTS) is 1. The summed E-state index contributed by atoms with van der Waals surface area (Å²) in [6, 6.07) is 5.73. The molecule has 1 amide bonds. The molecule has 9 nitrogen and oxygen atoms in total. The number of carboxylic acids is 1. The molecule has 0 spiro atoms. The number of allylic oxidation sites excluding steroid dienone is 1. The zero-order valence-electron chi connectivity index (χ0n) is 28.0. The first-order valence-electron chi connectivity index (χ1n) is 16.8. The quantitative estimate of drug-likeness (QED) is 0.0569. The number of amides is 1. The van der Waals surface area contributed by atoms with Crippen LogP contribution < -0.4 is 10.1 Å². The Labute approximate surface area is 275 Å². The van der Waals surface area contributed by atoms with Gasteiger partial charge in [-0.15, -0.1) is 5.92 Å². The van der Waals surface area contributed by atoms with E-state index in [-0.39, 0.29) is 19.4 Å². The molecular weight excluding hydrogens is 586 g/mol. The van der Waals surface area contributed by atoms with E-state index >= 15 is 0 Å². The van der Waals surface area contributed by atoms with E-state index in [0.29, 0.717) is 42.8 Å². The summed E-state index contributed by atoms with van der Waals surface area (Å²) in [5.41, 5.74) is -1.69. The zero-order valence-corrected chi connectivity index (χ0v) is 28.0.